The van der Waals surface area contributed by atoms with Gasteiger partial charge in [0.1, 0.15) is 5.54 Å². The molecule has 1 aliphatic carbocycles. The van der Waals surface area contributed by atoms with Crippen LogP contribution in [0.1, 0.15) is 30.9 Å². The summed E-state index contributed by atoms with van der Waals surface area (Å²) in [5.41, 5.74) is 0.981. The summed E-state index contributed by atoms with van der Waals surface area (Å²) in [5.74, 6) is 0.0546. The Morgan fingerprint density at radius 1 is 1.10 bits per heavy atom. The molecule has 4 rings (SSSR count). The third kappa shape index (κ3) is 3.55. The second-order valence-electron chi connectivity index (χ2n) is 8.57. The molecule has 0 bridgehead atoms. The van der Waals surface area contributed by atoms with Crippen LogP contribution in [0.4, 0.5) is 4.79 Å². The molecule has 1 aromatic carbocycles. The number of aryl methyl sites for hydroxylation is 2. The summed E-state index contributed by atoms with van der Waals surface area (Å²) in [5, 5.41) is 2.85. The maximum atomic E-state index is 13.0. The van der Waals surface area contributed by atoms with Crippen molar-refractivity contribution in [3.8, 4) is 0 Å². The number of sulfonamides is 1. The predicted molar refractivity (Wildman–Crippen MR) is 108 cm³/mol. The summed E-state index contributed by atoms with van der Waals surface area (Å²) in [6, 6.07) is 5.00. The van der Waals surface area contributed by atoms with E-state index in [0.717, 1.165) is 24.0 Å². The van der Waals surface area contributed by atoms with Crippen molar-refractivity contribution in [3.05, 3.63) is 29.3 Å². The van der Waals surface area contributed by atoms with Crippen LogP contribution in [-0.2, 0) is 14.8 Å². The lowest BCUT2D eigenvalue weighted by Gasteiger charge is -2.35. The monoisotopic (exact) mass is 420 g/mol. The second kappa shape index (κ2) is 7.07. The summed E-state index contributed by atoms with van der Waals surface area (Å²) < 4.78 is 27.5. The quantitative estimate of drug-likeness (QED) is 0.725. The number of rotatable bonds is 5. The number of carbonyl (C=O) groups excluding carboxylic acids is 2. The lowest BCUT2D eigenvalue weighted by atomic mass is 9.96. The minimum Gasteiger partial charge on any atom is -0.323 e. The topological polar surface area (TPSA) is 90.0 Å². The van der Waals surface area contributed by atoms with Crippen LogP contribution in [0.15, 0.2) is 23.1 Å². The molecule has 3 amide bonds. The number of benzene rings is 1. The molecule has 2 heterocycles. The minimum absolute atomic E-state index is 0.171. The Morgan fingerprint density at radius 2 is 1.76 bits per heavy atom. The molecule has 0 unspecified atom stereocenters. The molecular weight excluding hydrogens is 392 g/mol. The minimum atomic E-state index is -3.56. The van der Waals surface area contributed by atoms with Crippen LogP contribution in [0.3, 0.4) is 0 Å². The van der Waals surface area contributed by atoms with Gasteiger partial charge in [0.2, 0.25) is 10.0 Å². The molecule has 0 aromatic heterocycles. The first kappa shape index (κ1) is 20.3. The first-order valence-corrected chi connectivity index (χ1v) is 11.5. The van der Waals surface area contributed by atoms with Gasteiger partial charge in [-0.15, -0.1) is 0 Å². The average Bonchev–Trinajstić information content (AvgIpc) is 3.48. The SMILES string of the molecule is Cc1ccc(S(=O)(=O)N2CCN(CN3C(=O)N[C@](C)(C4CC4)C3=O)CC2)c(C)c1. The van der Waals surface area contributed by atoms with Gasteiger partial charge in [-0.1, -0.05) is 17.7 Å². The molecule has 158 valence electrons. The van der Waals surface area contributed by atoms with E-state index in [2.05, 4.69) is 5.32 Å². The molecule has 2 saturated heterocycles. The number of nitrogens with one attached hydrogen (secondary N) is 1. The molecule has 29 heavy (non-hydrogen) atoms. The van der Waals surface area contributed by atoms with E-state index in [1.54, 1.807) is 13.0 Å². The van der Waals surface area contributed by atoms with Crippen molar-refractivity contribution in [1.82, 2.24) is 19.4 Å². The van der Waals surface area contributed by atoms with E-state index in [4.69, 9.17) is 0 Å². The molecule has 2 aliphatic heterocycles. The largest absolute Gasteiger partial charge is 0.326 e. The summed E-state index contributed by atoms with van der Waals surface area (Å²) >= 11 is 0. The van der Waals surface area contributed by atoms with Crippen molar-refractivity contribution < 1.29 is 18.0 Å². The Hall–Kier alpha value is -1.97. The van der Waals surface area contributed by atoms with Gasteiger partial charge in [-0.2, -0.15) is 4.31 Å². The van der Waals surface area contributed by atoms with Crippen molar-refractivity contribution in [2.75, 3.05) is 32.8 Å². The fraction of sp³-hybridized carbons (Fsp3) is 0.600. The number of hydrogen-bond donors (Lipinski definition) is 1. The Morgan fingerprint density at radius 3 is 2.34 bits per heavy atom. The lowest BCUT2D eigenvalue weighted by molar-refractivity contribution is -0.133. The molecule has 0 spiro atoms. The van der Waals surface area contributed by atoms with Gasteiger partial charge in [0.05, 0.1) is 11.6 Å². The van der Waals surface area contributed by atoms with Crippen LogP contribution in [0.2, 0.25) is 0 Å². The molecule has 0 radical (unpaired) electrons. The van der Waals surface area contributed by atoms with E-state index in [0.29, 0.717) is 31.1 Å². The zero-order valence-corrected chi connectivity index (χ0v) is 18.0. The van der Waals surface area contributed by atoms with Gasteiger partial charge in [0.25, 0.3) is 5.91 Å². The Balaban J connectivity index is 1.39. The van der Waals surface area contributed by atoms with E-state index < -0.39 is 15.6 Å². The van der Waals surface area contributed by atoms with E-state index >= 15 is 0 Å². The van der Waals surface area contributed by atoms with Crippen molar-refractivity contribution in [1.29, 1.82) is 0 Å². The van der Waals surface area contributed by atoms with Crippen LogP contribution in [-0.4, -0.2) is 72.8 Å². The number of nitrogens with zero attached hydrogens (tertiary/aromatic N) is 3. The molecular formula is C20H28N4O4S. The summed E-state index contributed by atoms with van der Waals surface area (Å²) in [6.45, 7) is 7.36. The van der Waals surface area contributed by atoms with Crippen molar-refractivity contribution in [2.45, 2.75) is 44.0 Å². The fourth-order valence-electron chi connectivity index (χ4n) is 4.32. The lowest BCUT2D eigenvalue weighted by Crippen LogP contribution is -2.53. The van der Waals surface area contributed by atoms with Gasteiger partial charge in [0, 0.05) is 26.2 Å². The van der Waals surface area contributed by atoms with Gasteiger partial charge in [-0.05, 0) is 51.2 Å². The van der Waals surface area contributed by atoms with E-state index in [-0.39, 0.29) is 24.5 Å². The summed E-state index contributed by atoms with van der Waals surface area (Å²) in [6.07, 6.45) is 1.93. The zero-order chi connectivity index (χ0) is 21.0. The molecule has 1 aromatic rings. The van der Waals surface area contributed by atoms with E-state index in [1.165, 1.54) is 9.21 Å². The van der Waals surface area contributed by atoms with Gasteiger partial charge in [0.15, 0.2) is 0 Å². The van der Waals surface area contributed by atoms with Crippen molar-refractivity contribution >= 4 is 22.0 Å². The molecule has 3 aliphatic rings. The highest BCUT2D eigenvalue weighted by atomic mass is 32.2. The van der Waals surface area contributed by atoms with Crippen molar-refractivity contribution in [3.63, 3.8) is 0 Å². The number of amides is 3. The highest BCUT2D eigenvalue weighted by molar-refractivity contribution is 7.89. The van der Waals surface area contributed by atoms with E-state index in [1.807, 2.05) is 30.9 Å². The van der Waals surface area contributed by atoms with Crippen LogP contribution >= 0.6 is 0 Å². The Kier molecular flexibility index (Phi) is 4.95. The average molecular weight is 421 g/mol. The van der Waals surface area contributed by atoms with Gasteiger partial charge >= 0.3 is 6.03 Å². The highest BCUT2D eigenvalue weighted by Gasteiger charge is 2.56. The summed E-state index contributed by atoms with van der Waals surface area (Å²) in [7, 11) is -3.56. The van der Waals surface area contributed by atoms with Crippen LogP contribution in [0.5, 0.6) is 0 Å². The van der Waals surface area contributed by atoms with Gasteiger partial charge < -0.3 is 5.32 Å². The molecule has 3 fully saturated rings. The third-order valence-electron chi connectivity index (χ3n) is 6.32. The maximum absolute atomic E-state index is 13.0. The smallest absolute Gasteiger partial charge is 0.323 e. The molecule has 1 atom stereocenters. The summed E-state index contributed by atoms with van der Waals surface area (Å²) in [4.78, 5) is 28.7. The number of hydrogen-bond acceptors (Lipinski definition) is 5. The van der Waals surface area contributed by atoms with Crippen LogP contribution in [0.25, 0.3) is 0 Å². The van der Waals surface area contributed by atoms with E-state index in [9.17, 15) is 18.0 Å². The second-order valence-corrected chi connectivity index (χ2v) is 10.5. The molecule has 1 saturated carbocycles. The molecule has 8 nitrogen and oxygen atoms in total. The Bertz CT molecular complexity index is 951. The number of imide groups is 1. The fourth-order valence-corrected chi connectivity index (χ4v) is 5.95. The third-order valence-corrected chi connectivity index (χ3v) is 8.37. The Labute approximate surface area is 171 Å². The maximum Gasteiger partial charge on any atom is 0.326 e. The standard InChI is InChI=1S/C20H28N4O4S/c1-14-4-7-17(15(2)12-14)29(27,28)23-10-8-22(9-11-23)13-24-18(25)20(3,16-5-6-16)21-19(24)26/h4,7,12,16H,5-6,8-11,13H2,1-3H3,(H,21,26)/t20-/m1/s1. The first-order valence-electron chi connectivity index (χ1n) is 10.1. The predicted octanol–water partition coefficient (Wildman–Crippen LogP) is 1.29. The normalized spacial score (nSPS) is 26.8. The first-order chi connectivity index (χ1) is 13.6. The number of urea groups is 1. The molecule has 1 N–H and O–H groups in total. The highest BCUT2D eigenvalue weighted by Crippen LogP contribution is 2.42. The van der Waals surface area contributed by atoms with Crippen LogP contribution in [0, 0.1) is 19.8 Å². The van der Waals surface area contributed by atoms with Gasteiger partial charge in [-0.25, -0.2) is 18.1 Å². The van der Waals surface area contributed by atoms with Crippen LogP contribution < -0.4 is 5.32 Å². The zero-order valence-electron chi connectivity index (χ0n) is 17.1. The number of carbonyl (C=O) groups is 2. The van der Waals surface area contributed by atoms with Crippen molar-refractivity contribution in [2.24, 2.45) is 5.92 Å². The van der Waals surface area contributed by atoms with Gasteiger partial charge in [-0.3, -0.25) is 9.69 Å². The molecule has 9 heteroatoms. The number of piperazine rings is 1.